The lowest BCUT2D eigenvalue weighted by Crippen LogP contribution is -2.47. The van der Waals surface area contributed by atoms with Crippen molar-refractivity contribution in [3.63, 3.8) is 0 Å². The Kier molecular flexibility index (Phi) is 3.43. The average molecular weight is 270 g/mol. The van der Waals surface area contributed by atoms with E-state index in [4.69, 9.17) is 26.2 Å². The molecule has 0 saturated carbocycles. The van der Waals surface area contributed by atoms with E-state index in [9.17, 15) is 0 Å². The van der Waals surface area contributed by atoms with Crippen LogP contribution in [0.4, 0.5) is 0 Å². The van der Waals surface area contributed by atoms with Gasteiger partial charge in [0, 0.05) is 48.3 Å². The van der Waals surface area contributed by atoms with Gasteiger partial charge < -0.3 is 14.6 Å². The SMILES string of the molecule is OCC1CN(Cc2cc(Cl)cc3c2OCOC3)C1. The van der Waals surface area contributed by atoms with E-state index in [-0.39, 0.29) is 6.61 Å². The van der Waals surface area contributed by atoms with Crippen LogP contribution in [0.25, 0.3) is 0 Å². The minimum atomic E-state index is 0.272. The van der Waals surface area contributed by atoms with Crippen LogP contribution >= 0.6 is 11.6 Å². The second-order valence-corrected chi connectivity index (χ2v) is 5.34. The Morgan fingerprint density at radius 3 is 3.00 bits per heavy atom. The summed E-state index contributed by atoms with van der Waals surface area (Å²) in [5.41, 5.74) is 2.13. The summed E-state index contributed by atoms with van der Waals surface area (Å²) in [6.07, 6.45) is 0. The fourth-order valence-electron chi connectivity index (χ4n) is 2.54. The first-order chi connectivity index (χ1) is 8.76. The summed E-state index contributed by atoms with van der Waals surface area (Å²) in [5.74, 6) is 1.34. The van der Waals surface area contributed by atoms with Crippen molar-refractivity contribution in [3.05, 3.63) is 28.3 Å². The van der Waals surface area contributed by atoms with Gasteiger partial charge in [0.2, 0.25) is 0 Å². The summed E-state index contributed by atoms with van der Waals surface area (Å²) in [6.45, 7) is 3.83. The van der Waals surface area contributed by atoms with Gasteiger partial charge in [-0.2, -0.15) is 0 Å². The predicted octanol–water partition coefficient (Wildman–Crippen LogP) is 1.63. The van der Waals surface area contributed by atoms with Crippen LogP contribution in [-0.4, -0.2) is 36.5 Å². The normalized spacial score (nSPS) is 20.1. The van der Waals surface area contributed by atoms with Crippen LogP contribution < -0.4 is 4.74 Å². The van der Waals surface area contributed by atoms with Crippen molar-refractivity contribution in [2.24, 2.45) is 5.92 Å². The Morgan fingerprint density at radius 2 is 2.22 bits per heavy atom. The molecule has 98 valence electrons. The van der Waals surface area contributed by atoms with Crippen molar-refractivity contribution in [2.75, 3.05) is 26.5 Å². The van der Waals surface area contributed by atoms with E-state index in [1.54, 1.807) is 0 Å². The fourth-order valence-corrected chi connectivity index (χ4v) is 2.80. The van der Waals surface area contributed by atoms with Gasteiger partial charge in [-0.1, -0.05) is 11.6 Å². The number of rotatable bonds is 3. The van der Waals surface area contributed by atoms with Crippen LogP contribution in [0, 0.1) is 5.92 Å². The molecule has 1 N–H and O–H groups in total. The number of aliphatic hydroxyl groups is 1. The lowest BCUT2D eigenvalue weighted by atomic mass is 9.99. The molecule has 0 radical (unpaired) electrons. The number of fused-ring (bicyclic) bond motifs is 1. The number of hydrogen-bond donors (Lipinski definition) is 1. The largest absolute Gasteiger partial charge is 0.467 e. The second-order valence-electron chi connectivity index (χ2n) is 4.91. The minimum absolute atomic E-state index is 0.272. The van der Waals surface area contributed by atoms with Crippen molar-refractivity contribution in [1.82, 2.24) is 4.90 Å². The third-order valence-corrected chi connectivity index (χ3v) is 3.65. The summed E-state index contributed by atoms with van der Waals surface area (Å²) in [5, 5.41) is 9.74. The molecule has 2 aliphatic heterocycles. The summed E-state index contributed by atoms with van der Waals surface area (Å²) in [7, 11) is 0. The lowest BCUT2D eigenvalue weighted by molar-refractivity contribution is -0.0184. The molecule has 0 spiro atoms. The number of benzene rings is 1. The average Bonchev–Trinajstić information content (AvgIpc) is 2.32. The van der Waals surface area contributed by atoms with Crippen LogP contribution in [0.2, 0.25) is 5.02 Å². The quantitative estimate of drug-likeness (QED) is 0.906. The van der Waals surface area contributed by atoms with Gasteiger partial charge in [-0.05, 0) is 12.1 Å². The molecule has 1 fully saturated rings. The Bertz CT molecular complexity index is 446. The van der Waals surface area contributed by atoms with E-state index in [2.05, 4.69) is 4.90 Å². The predicted molar refractivity (Wildman–Crippen MR) is 67.6 cm³/mol. The number of nitrogens with zero attached hydrogens (tertiary/aromatic N) is 1. The summed E-state index contributed by atoms with van der Waals surface area (Å²) < 4.78 is 10.8. The van der Waals surface area contributed by atoms with Gasteiger partial charge in [0.1, 0.15) is 5.75 Å². The number of halogens is 1. The van der Waals surface area contributed by atoms with Gasteiger partial charge in [-0.15, -0.1) is 0 Å². The molecule has 0 aliphatic carbocycles. The molecular formula is C13H16ClNO3. The van der Waals surface area contributed by atoms with Crippen LogP contribution in [0.5, 0.6) is 5.75 Å². The molecule has 1 aromatic rings. The Morgan fingerprint density at radius 1 is 1.39 bits per heavy atom. The highest BCUT2D eigenvalue weighted by Gasteiger charge is 2.27. The lowest BCUT2D eigenvalue weighted by Gasteiger charge is -2.38. The molecule has 1 saturated heterocycles. The Hall–Kier alpha value is -0.810. The first-order valence-corrected chi connectivity index (χ1v) is 6.49. The van der Waals surface area contributed by atoms with Crippen molar-refractivity contribution < 1.29 is 14.6 Å². The summed E-state index contributed by atoms with van der Waals surface area (Å²) in [4.78, 5) is 2.28. The minimum Gasteiger partial charge on any atom is -0.467 e. The molecular weight excluding hydrogens is 254 g/mol. The molecule has 2 aliphatic rings. The summed E-state index contributed by atoms with van der Waals surface area (Å²) in [6, 6.07) is 3.85. The molecule has 0 amide bonds. The topological polar surface area (TPSA) is 41.9 Å². The highest BCUT2D eigenvalue weighted by Crippen LogP contribution is 2.33. The van der Waals surface area contributed by atoms with E-state index < -0.39 is 0 Å². The standard InChI is InChI=1S/C13H16ClNO3/c14-12-1-10(5-15-3-9(4-15)6-16)13-11(2-12)7-17-8-18-13/h1-2,9,16H,3-8H2. The zero-order valence-corrected chi connectivity index (χ0v) is 10.8. The molecule has 3 rings (SSSR count). The van der Waals surface area contributed by atoms with Crippen LogP contribution in [0.15, 0.2) is 12.1 Å². The number of aliphatic hydroxyl groups excluding tert-OH is 1. The highest BCUT2D eigenvalue weighted by atomic mass is 35.5. The maximum atomic E-state index is 9.02. The maximum absolute atomic E-state index is 9.02. The second kappa shape index (κ2) is 5.05. The van der Waals surface area contributed by atoms with Gasteiger partial charge >= 0.3 is 0 Å². The summed E-state index contributed by atoms with van der Waals surface area (Å²) >= 11 is 6.11. The van der Waals surface area contributed by atoms with Crippen molar-refractivity contribution in [1.29, 1.82) is 0 Å². The van der Waals surface area contributed by atoms with Crippen LogP contribution in [0.1, 0.15) is 11.1 Å². The van der Waals surface area contributed by atoms with Crippen LogP contribution in [0.3, 0.4) is 0 Å². The molecule has 0 bridgehead atoms. The zero-order valence-electron chi connectivity index (χ0n) is 10.1. The third kappa shape index (κ3) is 2.34. The van der Waals surface area contributed by atoms with Gasteiger partial charge in [-0.3, -0.25) is 4.90 Å². The molecule has 1 aromatic carbocycles. The molecule has 5 heteroatoms. The van der Waals surface area contributed by atoms with E-state index in [1.807, 2.05) is 12.1 Å². The number of likely N-dealkylation sites (tertiary alicyclic amines) is 1. The third-order valence-electron chi connectivity index (χ3n) is 3.44. The van der Waals surface area contributed by atoms with Gasteiger partial charge in [0.15, 0.2) is 6.79 Å². The Balaban J connectivity index is 1.77. The van der Waals surface area contributed by atoms with E-state index in [1.165, 1.54) is 0 Å². The first-order valence-electron chi connectivity index (χ1n) is 6.11. The van der Waals surface area contributed by atoms with E-state index in [0.717, 1.165) is 41.5 Å². The molecule has 18 heavy (non-hydrogen) atoms. The van der Waals surface area contributed by atoms with Gasteiger partial charge in [0.05, 0.1) is 6.61 Å². The van der Waals surface area contributed by atoms with Gasteiger partial charge in [0.25, 0.3) is 0 Å². The van der Waals surface area contributed by atoms with Crippen molar-refractivity contribution in [3.8, 4) is 5.75 Å². The Labute approximate surface area is 111 Å². The monoisotopic (exact) mass is 269 g/mol. The smallest absolute Gasteiger partial charge is 0.189 e. The van der Waals surface area contributed by atoms with E-state index >= 15 is 0 Å². The van der Waals surface area contributed by atoms with Crippen molar-refractivity contribution in [2.45, 2.75) is 13.2 Å². The van der Waals surface area contributed by atoms with Crippen molar-refractivity contribution >= 4 is 11.6 Å². The number of hydrogen-bond acceptors (Lipinski definition) is 4. The molecule has 2 heterocycles. The molecule has 0 unspecified atom stereocenters. The molecule has 4 nitrogen and oxygen atoms in total. The molecule has 0 aromatic heterocycles. The maximum Gasteiger partial charge on any atom is 0.189 e. The first kappa shape index (κ1) is 12.2. The zero-order chi connectivity index (χ0) is 12.5. The molecule has 0 atom stereocenters. The fraction of sp³-hybridized carbons (Fsp3) is 0.538. The van der Waals surface area contributed by atoms with E-state index in [0.29, 0.717) is 19.3 Å². The number of ether oxygens (including phenoxy) is 2. The highest BCUT2D eigenvalue weighted by molar-refractivity contribution is 6.30. The van der Waals surface area contributed by atoms with Gasteiger partial charge in [-0.25, -0.2) is 0 Å². The van der Waals surface area contributed by atoms with Crippen LogP contribution in [-0.2, 0) is 17.9 Å².